The summed E-state index contributed by atoms with van der Waals surface area (Å²) in [5.74, 6) is -0.108. The zero-order valence-electron chi connectivity index (χ0n) is 14.1. The molecule has 0 saturated heterocycles. The second-order valence-electron chi connectivity index (χ2n) is 6.08. The van der Waals surface area contributed by atoms with Crippen LogP contribution in [0.3, 0.4) is 0 Å². The Bertz CT molecular complexity index is 1030. The van der Waals surface area contributed by atoms with E-state index < -0.39 is 0 Å². The first-order chi connectivity index (χ1) is 12.8. The van der Waals surface area contributed by atoms with Crippen molar-refractivity contribution in [3.63, 3.8) is 0 Å². The molecule has 1 aliphatic carbocycles. The molecule has 0 N–H and O–H groups in total. The number of ketones is 1. The molecule has 0 aromatic heterocycles. The van der Waals surface area contributed by atoms with Crippen LogP contribution in [-0.2, 0) is 9.59 Å². The quantitative estimate of drug-likeness (QED) is 0.639. The van der Waals surface area contributed by atoms with Crippen molar-refractivity contribution in [2.75, 3.05) is 0 Å². The minimum absolute atomic E-state index is 0.108. The summed E-state index contributed by atoms with van der Waals surface area (Å²) in [6, 6.07) is 28.5. The van der Waals surface area contributed by atoms with Gasteiger partial charge in [-0.15, -0.1) is 0 Å². The van der Waals surface area contributed by atoms with Crippen molar-refractivity contribution >= 4 is 28.8 Å². The van der Waals surface area contributed by atoms with Gasteiger partial charge in [0.1, 0.15) is 0 Å². The molecular formula is C24H16O2. The molecule has 26 heavy (non-hydrogen) atoms. The van der Waals surface area contributed by atoms with E-state index in [0.29, 0.717) is 22.3 Å². The van der Waals surface area contributed by atoms with Crippen molar-refractivity contribution in [2.24, 2.45) is 0 Å². The Morgan fingerprint density at radius 2 is 0.885 bits per heavy atom. The van der Waals surface area contributed by atoms with Crippen LogP contribution in [0, 0.1) is 0 Å². The van der Waals surface area contributed by atoms with E-state index in [1.165, 1.54) is 0 Å². The first kappa shape index (κ1) is 16.0. The molecule has 0 spiro atoms. The van der Waals surface area contributed by atoms with Crippen LogP contribution in [0.1, 0.15) is 16.7 Å². The number of Topliss-reactive ketones (excluding diaryl/α,β-unsaturated/α-hetero) is 1. The Morgan fingerprint density at radius 3 is 1.31 bits per heavy atom. The maximum absolute atomic E-state index is 13.4. The van der Waals surface area contributed by atoms with Crippen molar-refractivity contribution in [3.8, 4) is 0 Å². The lowest BCUT2D eigenvalue weighted by Gasteiger charge is -2.08. The third-order valence-electron chi connectivity index (χ3n) is 4.55. The van der Waals surface area contributed by atoms with Crippen LogP contribution in [-0.4, -0.2) is 12.1 Å². The summed E-state index contributed by atoms with van der Waals surface area (Å²) in [6.45, 7) is 0. The molecule has 0 atom stereocenters. The normalized spacial score (nSPS) is 14.1. The summed E-state index contributed by atoms with van der Waals surface area (Å²) >= 11 is 0. The third-order valence-corrected chi connectivity index (χ3v) is 4.55. The fourth-order valence-corrected chi connectivity index (χ4v) is 3.41. The maximum Gasteiger partial charge on any atom is 0.195 e. The molecule has 0 amide bonds. The van der Waals surface area contributed by atoms with E-state index in [4.69, 9.17) is 0 Å². The van der Waals surface area contributed by atoms with Gasteiger partial charge in [-0.3, -0.25) is 9.59 Å². The molecule has 0 bridgehead atoms. The lowest BCUT2D eigenvalue weighted by molar-refractivity contribution is -0.109. The van der Waals surface area contributed by atoms with Crippen molar-refractivity contribution in [1.29, 1.82) is 0 Å². The highest BCUT2D eigenvalue weighted by Crippen LogP contribution is 2.44. The van der Waals surface area contributed by atoms with E-state index in [9.17, 15) is 9.59 Å². The molecule has 0 radical (unpaired) electrons. The molecular weight excluding hydrogens is 320 g/mol. The highest BCUT2D eigenvalue weighted by atomic mass is 16.1. The molecule has 0 unspecified atom stereocenters. The van der Waals surface area contributed by atoms with Crippen molar-refractivity contribution < 1.29 is 9.59 Å². The van der Waals surface area contributed by atoms with Gasteiger partial charge in [0.15, 0.2) is 12.1 Å². The van der Waals surface area contributed by atoms with Crippen LogP contribution in [0.5, 0.6) is 0 Å². The number of carbonyl (C=O) groups is 2. The molecule has 3 aromatic rings. The molecule has 1 aliphatic rings. The van der Waals surface area contributed by atoms with Gasteiger partial charge in [-0.05, 0) is 16.7 Å². The van der Waals surface area contributed by atoms with Gasteiger partial charge in [-0.2, -0.15) is 0 Å². The van der Waals surface area contributed by atoms with Crippen molar-refractivity contribution in [1.82, 2.24) is 0 Å². The largest absolute Gasteiger partial charge is 0.298 e. The van der Waals surface area contributed by atoms with Crippen molar-refractivity contribution in [3.05, 3.63) is 113 Å². The monoisotopic (exact) mass is 336 g/mol. The summed E-state index contributed by atoms with van der Waals surface area (Å²) in [4.78, 5) is 25.4. The predicted molar refractivity (Wildman–Crippen MR) is 104 cm³/mol. The summed E-state index contributed by atoms with van der Waals surface area (Å²) < 4.78 is 0. The fourth-order valence-electron chi connectivity index (χ4n) is 3.41. The third kappa shape index (κ3) is 2.62. The minimum atomic E-state index is -0.108. The number of allylic oxidation sites excluding steroid dienone is 4. The van der Waals surface area contributed by atoms with E-state index in [-0.39, 0.29) is 5.78 Å². The number of rotatable bonds is 4. The van der Waals surface area contributed by atoms with Crippen LogP contribution < -0.4 is 0 Å². The SMILES string of the molecule is O=CC1=C(c2ccccc2)C(=O)C(c2ccccc2)=C1c1ccccc1. The van der Waals surface area contributed by atoms with Gasteiger partial charge in [-0.25, -0.2) is 0 Å². The maximum atomic E-state index is 13.4. The van der Waals surface area contributed by atoms with Crippen LogP contribution in [0.25, 0.3) is 16.7 Å². The summed E-state index contributed by atoms with van der Waals surface area (Å²) in [5.41, 5.74) is 4.66. The average Bonchev–Trinajstić information content (AvgIpc) is 3.02. The highest BCUT2D eigenvalue weighted by Gasteiger charge is 2.34. The van der Waals surface area contributed by atoms with Gasteiger partial charge in [0, 0.05) is 22.3 Å². The van der Waals surface area contributed by atoms with Gasteiger partial charge in [0.2, 0.25) is 0 Å². The summed E-state index contributed by atoms with van der Waals surface area (Å²) in [7, 11) is 0. The summed E-state index contributed by atoms with van der Waals surface area (Å²) in [6.07, 6.45) is 0.804. The molecule has 2 heteroatoms. The number of hydrogen-bond donors (Lipinski definition) is 0. The molecule has 0 fully saturated rings. The zero-order valence-corrected chi connectivity index (χ0v) is 14.1. The van der Waals surface area contributed by atoms with Crippen molar-refractivity contribution in [2.45, 2.75) is 0 Å². The van der Waals surface area contributed by atoms with Crippen LogP contribution in [0.2, 0.25) is 0 Å². The highest BCUT2D eigenvalue weighted by molar-refractivity contribution is 6.54. The van der Waals surface area contributed by atoms with Gasteiger partial charge in [0.05, 0.1) is 0 Å². The van der Waals surface area contributed by atoms with Crippen LogP contribution in [0.4, 0.5) is 0 Å². The lowest BCUT2D eigenvalue weighted by Crippen LogP contribution is -2.01. The molecule has 4 rings (SSSR count). The smallest absolute Gasteiger partial charge is 0.195 e. The van der Waals surface area contributed by atoms with Crippen LogP contribution in [0.15, 0.2) is 96.6 Å². The first-order valence-corrected chi connectivity index (χ1v) is 8.46. The van der Waals surface area contributed by atoms with E-state index in [1.807, 2.05) is 91.0 Å². The molecule has 0 saturated carbocycles. The second-order valence-corrected chi connectivity index (χ2v) is 6.08. The van der Waals surface area contributed by atoms with E-state index >= 15 is 0 Å². The zero-order chi connectivity index (χ0) is 17.9. The van der Waals surface area contributed by atoms with E-state index in [1.54, 1.807) is 0 Å². The lowest BCUT2D eigenvalue weighted by atomic mass is 9.93. The van der Waals surface area contributed by atoms with Gasteiger partial charge in [-0.1, -0.05) is 91.0 Å². The van der Waals surface area contributed by atoms with E-state index in [0.717, 1.165) is 23.0 Å². The average molecular weight is 336 g/mol. The Labute approximate surface area is 152 Å². The van der Waals surface area contributed by atoms with Crippen LogP contribution >= 0.6 is 0 Å². The Kier molecular flexibility index (Phi) is 4.16. The standard InChI is InChI=1S/C24H16O2/c25-16-20-21(17-10-4-1-5-11-17)23(19-14-8-3-9-15-19)24(26)22(20)18-12-6-2-7-13-18/h1-16H. The summed E-state index contributed by atoms with van der Waals surface area (Å²) in [5, 5.41) is 0. The Morgan fingerprint density at radius 1 is 0.500 bits per heavy atom. The number of aldehydes is 1. The second kappa shape index (κ2) is 6.77. The molecule has 0 heterocycles. The molecule has 0 aliphatic heterocycles. The molecule has 2 nitrogen and oxygen atoms in total. The predicted octanol–water partition coefficient (Wildman–Crippen LogP) is 4.83. The molecule has 3 aromatic carbocycles. The number of benzene rings is 3. The van der Waals surface area contributed by atoms with Gasteiger partial charge in [0.25, 0.3) is 0 Å². The van der Waals surface area contributed by atoms with Gasteiger partial charge < -0.3 is 0 Å². The molecule has 124 valence electrons. The topological polar surface area (TPSA) is 34.1 Å². The Balaban J connectivity index is 2.02. The van der Waals surface area contributed by atoms with E-state index in [2.05, 4.69) is 0 Å². The number of carbonyl (C=O) groups excluding carboxylic acids is 2. The Hall–Kier alpha value is -3.52. The fraction of sp³-hybridized carbons (Fsp3) is 0. The first-order valence-electron chi connectivity index (χ1n) is 8.46. The number of hydrogen-bond acceptors (Lipinski definition) is 2. The van der Waals surface area contributed by atoms with Gasteiger partial charge >= 0.3 is 0 Å². The minimum Gasteiger partial charge on any atom is -0.298 e.